The summed E-state index contributed by atoms with van der Waals surface area (Å²) < 4.78 is 5.75. The third-order valence-corrected chi connectivity index (χ3v) is 3.35. The Balaban J connectivity index is 2.30. The van der Waals surface area contributed by atoms with E-state index in [9.17, 15) is 0 Å². The average molecular weight is 263 g/mol. The molecule has 0 saturated heterocycles. The predicted molar refractivity (Wildman–Crippen MR) is 82.8 cm³/mol. The molecular weight excluding hydrogens is 234 g/mol. The molecule has 2 heteroatoms. The zero-order valence-corrected chi connectivity index (χ0v) is 12.7. The maximum Gasteiger partial charge on any atom is 0.119 e. The second kappa shape index (κ2) is 9.85. The van der Waals surface area contributed by atoms with Crippen molar-refractivity contribution in [2.75, 3.05) is 13.2 Å². The van der Waals surface area contributed by atoms with Gasteiger partial charge < -0.3 is 10.1 Å². The summed E-state index contributed by atoms with van der Waals surface area (Å²) in [4.78, 5) is 0. The van der Waals surface area contributed by atoms with Crippen molar-refractivity contribution < 1.29 is 4.74 Å². The van der Waals surface area contributed by atoms with Crippen LogP contribution in [-0.4, -0.2) is 13.2 Å². The van der Waals surface area contributed by atoms with E-state index in [4.69, 9.17) is 4.74 Å². The molecule has 1 aromatic carbocycles. The molecule has 19 heavy (non-hydrogen) atoms. The van der Waals surface area contributed by atoms with E-state index in [0.29, 0.717) is 6.04 Å². The number of nitrogens with one attached hydrogen (secondary N) is 1. The van der Waals surface area contributed by atoms with E-state index in [0.717, 1.165) is 25.3 Å². The Bertz CT molecular complexity index is 321. The van der Waals surface area contributed by atoms with E-state index < -0.39 is 0 Å². The van der Waals surface area contributed by atoms with E-state index in [1.54, 1.807) is 0 Å². The molecule has 0 bridgehead atoms. The molecule has 0 aliphatic heterocycles. The van der Waals surface area contributed by atoms with Gasteiger partial charge in [-0.3, -0.25) is 0 Å². The van der Waals surface area contributed by atoms with Crippen molar-refractivity contribution in [2.24, 2.45) is 0 Å². The number of ether oxygens (including phenoxy) is 1. The lowest BCUT2D eigenvalue weighted by molar-refractivity contribution is 0.305. The Morgan fingerprint density at radius 3 is 2.37 bits per heavy atom. The predicted octanol–water partition coefficient (Wildman–Crippen LogP) is 4.71. The summed E-state index contributed by atoms with van der Waals surface area (Å²) in [5.74, 6) is 0.989. The molecule has 0 amide bonds. The van der Waals surface area contributed by atoms with Gasteiger partial charge in [0.25, 0.3) is 0 Å². The lowest BCUT2D eigenvalue weighted by Gasteiger charge is -2.14. The van der Waals surface area contributed by atoms with Gasteiger partial charge in [0.05, 0.1) is 6.61 Å². The molecule has 0 saturated carbocycles. The minimum atomic E-state index is 0.415. The Morgan fingerprint density at radius 2 is 1.74 bits per heavy atom. The smallest absolute Gasteiger partial charge is 0.119 e. The molecule has 1 atom stereocenters. The number of unbranched alkanes of at least 4 members (excludes halogenated alkanes) is 3. The fraction of sp³-hybridized carbons (Fsp3) is 0.647. The zero-order chi connectivity index (χ0) is 13.9. The van der Waals surface area contributed by atoms with E-state index in [-0.39, 0.29) is 0 Å². The minimum absolute atomic E-state index is 0.415. The van der Waals surface area contributed by atoms with Crippen molar-refractivity contribution in [3.63, 3.8) is 0 Å². The number of benzene rings is 1. The lowest BCUT2D eigenvalue weighted by Crippen LogP contribution is -2.19. The largest absolute Gasteiger partial charge is 0.494 e. The summed E-state index contributed by atoms with van der Waals surface area (Å²) in [6.07, 6.45) is 6.18. The van der Waals surface area contributed by atoms with Crippen LogP contribution in [0.25, 0.3) is 0 Å². The first-order valence-corrected chi connectivity index (χ1v) is 7.74. The van der Waals surface area contributed by atoms with Gasteiger partial charge in [-0.25, -0.2) is 0 Å². The molecule has 108 valence electrons. The molecule has 2 nitrogen and oxygen atoms in total. The summed E-state index contributed by atoms with van der Waals surface area (Å²) in [6, 6.07) is 8.90. The Labute approximate surface area is 118 Å². The maximum atomic E-state index is 5.75. The van der Waals surface area contributed by atoms with Crippen LogP contribution < -0.4 is 10.1 Å². The summed E-state index contributed by atoms with van der Waals surface area (Å²) in [5, 5.41) is 3.49. The zero-order valence-electron chi connectivity index (χ0n) is 12.7. The van der Waals surface area contributed by atoms with Crippen LogP contribution >= 0.6 is 0 Å². The lowest BCUT2D eigenvalue weighted by atomic mass is 10.1. The highest BCUT2D eigenvalue weighted by Crippen LogP contribution is 2.18. The van der Waals surface area contributed by atoms with Crippen LogP contribution in [0.5, 0.6) is 5.75 Å². The summed E-state index contributed by atoms with van der Waals surface area (Å²) in [6.45, 7) is 8.53. The average Bonchev–Trinajstić information content (AvgIpc) is 2.45. The van der Waals surface area contributed by atoms with Crippen LogP contribution in [0, 0.1) is 0 Å². The third kappa shape index (κ3) is 6.63. The van der Waals surface area contributed by atoms with Gasteiger partial charge in [-0.15, -0.1) is 0 Å². The molecule has 0 aromatic heterocycles. The van der Waals surface area contributed by atoms with E-state index in [2.05, 4.69) is 50.4 Å². The van der Waals surface area contributed by atoms with Gasteiger partial charge >= 0.3 is 0 Å². The van der Waals surface area contributed by atoms with Gasteiger partial charge in [-0.2, -0.15) is 0 Å². The Kier molecular flexibility index (Phi) is 8.31. The van der Waals surface area contributed by atoms with Crippen molar-refractivity contribution in [1.82, 2.24) is 5.32 Å². The van der Waals surface area contributed by atoms with E-state index in [1.165, 1.54) is 31.2 Å². The van der Waals surface area contributed by atoms with Crippen molar-refractivity contribution >= 4 is 0 Å². The first kappa shape index (κ1) is 16.0. The van der Waals surface area contributed by atoms with Crippen LogP contribution in [0.1, 0.15) is 64.5 Å². The van der Waals surface area contributed by atoms with Gasteiger partial charge in [0.2, 0.25) is 0 Å². The van der Waals surface area contributed by atoms with Crippen molar-refractivity contribution in [3.05, 3.63) is 29.8 Å². The van der Waals surface area contributed by atoms with Crippen LogP contribution in [0.2, 0.25) is 0 Å². The third-order valence-electron chi connectivity index (χ3n) is 3.35. The molecule has 0 spiro atoms. The van der Waals surface area contributed by atoms with Crippen molar-refractivity contribution in [2.45, 2.75) is 58.9 Å². The molecule has 0 aliphatic carbocycles. The highest BCUT2D eigenvalue weighted by Gasteiger charge is 2.03. The maximum absolute atomic E-state index is 5.75. The van der Waals surface area contributed by atoms with Crippen molar-refractivity contribution in [3.8, 4) is 5.75 Å². The summed E-state index contributed by atoms with van der Waals surface area (Å²) in [5.41, 5.74) is 1.33. The van der Waals surface area contributed by atoms with Crippen LogP contribution in [-0.2, 0) is 0 Å². The van der Waals surface area contributed by atoms with E-state index in [1.807, 2.05) is 0 Å². The first-order chi connectivity index (χ1) is 9.27. The number of hydrogen-bond acceptors (Lipinski definition) is 2. The number of rotatable bonds is 10. The molecule has 1 unspecified atom stereocenters. The summed E-state index contributed by atoms with van der Waals surface area (Å²) >= 11 is 0. The standard InChI is InChI=1S/C17H29NO/c1-4-6-7-8-14-19-17-11-9-16(10-12-17)15(3)18-13-5-2/h9-12,15,18H,4-8,13-14H2,1-3H3. The minimum Gasteiger partial charge on any atom is -0.494 e. The SMILES string of the molecule is CCCCCCOc1ccc(C(C)NCCC)cc1. The molecular formula is C17H29NO. The Hall–Kier alpha value is -1.02. The van der Waals surface area contributed by atoms with Gasteiger partial charge in [0.15, 0.2) is 0 Å². The van der Waals surface area contributed by atoms with Gasteiger partial charge in [0.1, 0.15) is 5.75 Å². The molecule has 1 rings (SSSR count). The first-order valence-electron chi connectivity index (χ1n) is 7.74. The van der Waals surface area contributed by atoms with Crippen LogP contribution in [0.4, 0.5) is 0 Å². The van der Waals surface area contributed by atoms with Crippen LogP contribution in [0.3, 0.4) is 0 Å². The molecule has 0 heterocycles. The van der Waals surface area contributed by atoms with Crippen molar-refractivity contribution in [1.29, 1.82) is 0 Å². The van der Waals surface area contributed by atoms with Gasteiger partial charge in [0, 0.05) is 6.04 Å². The van der Waals surface area contributed by atoms with Gasteiger partial charge in [-0.05, 0) is 44.0 Å². The molecule has 0 radical (unpaired) electrons. The fourth-order valence-electron chi connectivity index (χ4n) is 2.05. The second-order valence-corrected chi connectivity index (χ2v) is 5.15. The quantitative estimate of drug-likeness (QED) is 0.617. The van der Waals surface area contributed by atoms with Crippen LogP contribution in [0.15, 0.2) is 24.3 Å². The normalized spacial score (nSPS) is 12.4. The monoisotopic (exact) mass is 263 g/mol. The van der Waals surface area contributed by atoms with E-state index >= 15 is 0 Å². The van der Waals surface area contributed by atoms with Gasteiger partial charge in [-0.1, -0.05) is 45.2 Å². The number of hydrogen-bond donors (Lipinski definition) is 1. The molecule has 0 fully saturated rings. The summed E-state index contributed by atoms with van der Waals surface area (Å²) in [7, 11) is 0. The Morgan fingerprint density at radius 1 is 1.00 bits per heavy atom. The highest BCUT2D eigenvalue weighted by molar-refractivity contribution is 5.28. The molecule has 0 aliphatic rings. The molecule has 1 N–H and O–H groups in total. The highest BCUT2D eigenvalue weighted by atomic mass is 16.5. The second-order valence-electron chi connectivity index (χ2n) is 5.15. The topological polar surface area (TPSA) is 21.3 Å². The fourth-order valence-corrected chi connectivity index (χ4v) is 2.05. The molecule has 1 aromatic rings.